The van der Waals surface area contributed by atoms with Crippen LogP contribution in [0.3, 0.4) is 0 Å². The first-order valence-electron chi connectivity index (χ1n) is 7.53. The fourth-order valence-electron chi connectivity index (χ4n) is 2.11. The minimum Gasteiger partial charge on any atom is -0.378 e. The predicted molar refractivity (Wildman–Crippen MR) is 110 cm³/mol. The van der Waals surface area contributed by atoms with E-state index in [-0.39, 0.29) is 29.8 Å². The van der Waals surface area contributed by atoms with Crippen molar-refractivity contribution in [3.63, 3.8) is 0 Å². The van der Waals surface area contributed by atoms with Gasteiger partial charge in [0.05, 0.1) is 0 Å². The molecule has 6 heteroatoms. The average Bonchev–Trinajstić information content (AvgIpc) is 2.57. The maximum absolute atomic E-state index is 12.9. The van der Waals surface area contributed by atoms with Crippen LogP contribution in [0.2, 0.25) is 0 Å². The zero-order chi connectivity index (χ0) is 16.7. The lowest BCUT2D eigenvalue weighted by Crippen LogP contribution is -2.36. The monoisotopic (exact) mass is 442 g/mol. The van der Waals surface area contributed by atoms with Gasteiger partial charge in [0.15, 0.2) is 5.96 Å². The minimum absolute atomic E-state index is 0. The number of guanidine groups is 1. The van der Waals surface area contributed by atoms with Crippen LogP contribution in [-0.4, -0.2) is 27.1 Å². The number of anilines is 1. The molecule has 0 radical (unpaired) electrons. The quantitative estimate of drug-likeness (QED) is 0.424. The summed E-state index contributed by atoms with van der Waals surface area (Å²) in [7, 11) is 5.78. The molecule has 0 aliphatic carbocycles. The second-order valence-corrected chi connectivity index (χ2v) is 5.47. The molecule has 0 saturated heterocycles. The van der Waals surface area contributed by atoms with Gasteiger partial charge in [-0.05, 0) is 35.4 Å². The molecule has 2 aromatic rings. The Morgan fingerprint density at radius 2 is 1.38 bits per heavy atom. The van der Waals surface area contributed by atoms with Gasteiger partial charge < -0.3 is 15.5 Å². The molecular weight excluding hydrogens is 418 g/mol. The number of nitrogens with one attached hydrogen (secondary N) is 2. The van der Waals surface area contributed by atoms with Crippen LogP contribution in [0.25, 0.3) is 0 Å². The molecule has 130 valence electrons. The second kappa shape index (κ2) is 10.1. The summed E-state index contributed by atoms with van der Waals surface area (Å²) in [6.07, 6.45) is 0. The number of benzene rings is 2. The van der Waals surface area contributed by atoms with Crippen LogP contribution in [0.1, 0.15) is 11.1 Å². The number of aliphatic imine (C=N–C) groups is 1. The summed E-state index contributed by atoms with van der Waals surface area (Å²) < 4.78 is 12.9. The minimum atomic E-state index is -0.225. The summed E-state index contributed by atoms with van der Waals surface area (Å²) in [5, 5.41) is 6.48. The van der Waals surface area contributed by atoms with Crippen LogP contribution in [0.15, 0.2) is 53.5 Å². The standard InChI is InChI=1S/C18H23FN4.HI/c1-20-18(21-12-14-4-8-16(19)9-5-14)22-13-15-6-10-17(11-7-15)23(2)3;/h4-11H,12-13H2,1-3H3,(H2,20,21,22);1H. The number of hydrogen-bond acceptors (Lipinski definition) is 2. The Morgan fingerprint density at radius 3 is 1.79 bits per heavy atom. The van der Waals surface area contributed by atoms with Gasteiger partial charge in [0.2, 0.25) is 0 Å². The summed E-state index contributed by atoms with van der Waals surface area (Å²) >= 11 is 0. The third kappa shape index (κ3) is 6.35. The van der Waals surface area contributed by atoms with Crippen molar-refractivity contribution < 1.29 is 4.39 Å². The van der Waals surface area contributed by atoms with E-state index in [9.17, 15) is 4.39 Å². The van der Waals surface area contributed by atoms with Crippen LogP contribution in [-0.2, 0) is 13.1 Å². The fourth-order valence-corrected chi connectivity index (χ4v) is 2.11. The van der Waals surface area contributed by atoms with Gasteiger partial charge in [0.25, 0.3) is 0 Å². The van der Waals surface area contributed by atoms with E-state index in [0.717, 1.165) is 5.56 Å². The third-order valence-electron chi connectivity index (χ3n) is 3.51. The highest BCUT2D eigenvalue weighted by Gasteiger charge is 2.00. The molecule has 0 bridgehead atoms. The van der Waals surface area contributed by atoms with E-state index < -0.39 is 0 Å². The van der Waals surface area contributed by atoms with Crippen molar-refractivity contribution in [2.24, 2.45) is 4.99 Å². The van der Waals surface area contributed by atoms with Crippen molar-refractivity contribution in [3.8, 4) is 0 Å². The van der Waals surface area contributed by atoms with Gasteiger partial charge >= 0.3 is 0 Å². The Labute approximate surface area is 160 Å². The molecule has 0 aliphatic heterocycles. The first-order valence-corrected chi connectivity index (χ1v) is 7.53. The Bertz CT molecular complexity index is 639. The van der Waals surface area contributed by atoms with E-state index in [1.807, 2.05) is 14.1 Å². The normalized spacial score (nSPS) is 10.8. The Kier molecular flexibility index (Phi) is 8.53. The highest BCUT2D eigenvalue weighted by molar-refractivity contribution is 14.0. The third-order valence-corrected chi connectivity index (χ3v) is 3.51. The highest BCUT2D eigenvalue weighted by atomic mass is 127. The largest absolute Gasteiger partial charge is 0.378 e. The van der Waals surface area contributed by atoms with Gasteiger partial charge in [-0.25, -0.2) is 4.39 Å². The summed E-state index contributed by atoms with van der Waals surface area (Å²) in [5.74, 6) is 0.489. The molecular formula is C18H24FIN4. The maximum atomic E-state index is 12.9. The molecule has 2 rings (SSSR count). The van der Waals surface area contributed by atoms with Gasteiger partial charge in [-0.15, -0.1) is 24.0 Å². The number of rotatable bonds is 5. The highest BCUT2D eigenvalue weighted by Crippen LogP contribution is 2.11. The molecule has 2 aromatic carbocycles. The molecule has 0 unspecified atom stereocenters. The molecule has 0 saturated carbocycles. The molecule has 2 N–H and O–H groups in total. The van der Waals surface area contributed by atoms with Crippen LogP contribution >= 0.6 is 24.0 Å². The number of hydrogen-bond donors (Lipinski definition) is 2. The molecule has 0 fully saturated rings. The Morgan fingerprint density at radius 1 is 0.917 bits per heavy atom. The van der Waals surface area contributed by atoms with Gasteiger partial charge in [-0.2, -0.15) is 0 Å². The van der Waals surface area contributed by atoms with Crippen LogP contribution in [0.5, 0.6) is 0 Å². The fraction of sp³-hybridized carbons (Fsp3) is 0.278. The lowest BCUT2D eigenvalue weighted by molar-refractivity contribution is 0.626. The lowest BCUT2D eigenvalue weighted by Gasteiger charge is -2.14. The van der Waals surface area contributed by atoms with Gasteiger partial charge in [-0.1, -0.05) is 24.3 Å². The second-order valence-electron chi connectivity index (χ2n) is 5.47. The summed E-state index contributed by atoms with van der Waals surface area (Å²) in [5.41, 5.74) is 3.36. The molecule has 0 amide bonds. The van der Waals surface area contributed by atoms with Gasteiger partial charge in [0.1, 0.15) is 5.82 Å². The van der Waals surface area contributed by atoms with Crippen molar-refractivity contribution in [1.29, 1.82) is 0 Å². The van der Waals surface area contributed by atoms with Crippen molar-refractivity contribution in [1.82, 2.24) is 10.6 Å². The van der Waals surface area contributed by atoms with Crippen molar-refractivity contribution in [2.45, 2.75) is 13.1 Å². The SMILES string of the molecule is CN=C(NCc1ccc(F)cc1)NCc1ccc(N(C)C)cc1.I. The van der Waals surface area contributed by atoms with Gasteiger partial charge in [0, 0.05) is 39.9 Å². The summed E-state index contributed by atoms with van der Waals surface area (Å²) in [4.78, 5) is 6.26. The van der Waals surface area contributed by atoms with Crippen molar-refractivity contribution in [3.05, 3.63) is 65.5 Å². The van der Waals surface area contributed by atoms with Crippen LogP contribution < -0.4 is 15.5 Å². The molecule has 0 aromatic heterocycles. The summed E-state index contributed by atoms with van der Waals surface area (Å²) in [6, 6.07) is 14.8. The molecule has 0 aliphatic rings. The first-order chi connectivity index (χ1) is 11.1. The van der Waals surface area contributed by atoms with E-state index in [1.165, 1.54) is 23.4 Å². The Balaban J connectivity index is 0.00000288. The van der Waals surface area contributed by atoms with Crippen molar-refractivity contribution >= 4 is 35.6 Å². The van der Waals surface area contributed by atoms with E-state index in [1.54, 1.807) is 19.2 Å². The molecule has 0 atom stereocenters. The molecule has 4 nitrogen and oxygen atoms in total. The van der Waals surface area contributed by atoms with Crippen LogP contribution in [0.4, 0.5) is 10.1 Å². The predicted octanol–water partition coefficient (Wildman–Crippen LogP) is 3.37. The maximum Gasteiger partial charge on any atom is 0.191 e. The number of halogens is 2. The van der Waals surface area contributed by atoms with E-state index in [0.29, 0.717) is 19.0 Å². The zero-order valence-corrected chi connectivity index (χ0v) is 16.5. The van der Waals surface area contributed by atoms with Crippen LogP contribution in [0, 0.1) is 5.82 Å². The molecule has 0 heterocycles. The van der Waals surface area contributed by atoms with E-state index >= 15 is 0 Å². The average molecular weight is 442 g/mol. The van der Waals surface area contributed by atoms with Gasteiger partial charge in [-0.3, -0.25) is 4.99 Å². The molecule has 0 spiro atoms. The van der Waals surface area contributed by atoms with E-state index in [4.69, 9.17) is 0 Å². The number of nitrogens with zero attached hydrogens (tertiary/aromatic N) is 2. The summed E-state index contributed by atoms with van der Waals surface area (Å²) in [6.45, 7) is 1.29. The van der Waals surface area contributed by atoms with E-state index in [2.05, 4.69) is 44.8 Å². The Hall–Kier alpha value is -1.83. The zero-order valence-electron chi connectivity index (χ0n) is 14.2. The molecule has 24 heavy (non-hydrogen) atoms. The lowest BCUT2D eigenvalue weighted by atomic mass is 10.2. The topological polar surface area (TPSA) is 39.7 Å². The van der Waals surface area contributed by atoms with Crippen molar-refractivity contribution in [2.75, 3.05) is 26.0 Å². The smallest absolute Gasteiger partial charge is 0.191 e. The first kappa shape index (κ1) is 20.2.